The summed E-state index contributed by atoms with van der Waals surface area (Å²) in [5, 5.41) is 68.6. The van der Waals surface area contributed by atoms with Gasteiger partial charge in [0.2, 0.25) is 23.6 Å². The number of nitrogens with one attached hydrogen (secondary N) is 7. The highest BCUT2D eigenvalue weighted by Gasteiger charge is 2.40. The zero-order valence-electron chi connectivity index (χ0n) is 77.6. The largest absolute Gasteiger partial charge is 0.508 e. The molecule has 4 aromatic rings. The number of likely N-dealkylation sites (tertiary alicyclic amines) is 1. The third-order valence-electron chi connectivity index (χ3n) is 23.5. The average Bonchev–Trinajstić information content (AvgIpc) is 1.78. The lowest BCUT2D eigenvalue weighted by molar-refractivity contribution is -0.160. The maximum absolute atomic E-state index is 15.0. The summed E-state index contributed by atoms with van der Waals surface area (Å²) in [6.07, 6.45) is 5.88. The quantitative estimate of drug-likeness (QED) is 0.00845. The van der Waals surface area contributed by atoms with Crippen LogP contribution in [0, 0.1) is 35.5 Å². The molecule has 1 aromatic heterocycles. The predicted molar refractivity (Wildman–Crippen MR) is 503 cm³/mol. The van der Waals surface area contributed by atoms with Gasteiger partial charge in [0.05, 0.1) is 42.0 Å². The number of piperidine rings is 1. The molecule has 0 radical (unpaired) electrons. The van der Waals surface area contributed by atoms with Crippen molar-refractivity contribution in [2.75, 3.05) is 58.1 Å². The number of amides is 8. The second-order valence-corrected chi connectivity index (χ2v) is 38.2. The van der Waals surface area contributed by atoms with Crippen molar-refractivity contribution in [3.05, 3.63) is 118 Å². The van der Waals surface area contributed by atoms with E-state index in [1.807, 2.05) is 48.6 Å². The Morgan fingerprint density at radius 2 is 1.25 bits per heavy atom. The van der Waals surface area contributed by atoms with E-state index in [0.717, 1.165) is 71.4 Å². The molecule has 1 aliphatic heterocycles. The Kier molecular flexibility index (Phi) is 51.9. The zero-order chi connectivity index (χ0) is 98.1. The highest BCUT2D eigenvalue weighted by atomic mass is 33.1. The molecule has 2 unspecified atom stereocenters. The van der Waals surface area contributed by atoms with Crippen molar-refractivity contribution in [2.45, 2.75) is 270 Å². The van der Waals surface area contributed by atoms with Crippen LogP contribution in [-0.2, 0) is 95.9 Å². The summed E-state index contributed by atoms with van der Waals surface area (Å²) >= 11 is 1.27. The maximum Gasteiger partial charge on any atom is 0.407 e. The van der Waals surface area contributed by atoms with Gasteiger partial charge in [-0.25, -0.2) is 19.4 Å². The second-order valence-electron chi connectivity index (χ2n) is 34.7. The SMILES string of the molecule is CCCC(=O)OCN(C(=O)[C@@H](CC(=O)[C@H]1CCCCN1C)C(C)CC)[C@H](C[C@@H](C)c1nc(C(=O)N[C@@H](Cc2ccc(O)cc2)C[C@H](C)C(=O)CNC(=O)OCCSSC[C@H](CC(=O)[C@H](CC(=O)O)NC(=O)[C@@H](N)CNC(=O)[C@@H](CC(=O)[C@H](Cc2ccccc2)NC(=O)CCCCCCCCC(=O)CCC(NC(=O)NCCCC(=O)O)C(=O)O)Cc2ccccc2)C(=O)O)cs1)C(C)C. The van der Waals surface area contributed by atoms with Gasteiger partial charge in [0, 0.05) is 117 Å². The monoisotopic (exact) mass is 1910 g/mol. The molecule has 1 fully saturated rings. The molecule has 3 aromatic carbocycles. The minimum Gasteiger partial charge on any atom is -0.508 e. The minimum atomic E-state index is -1.75. The van der Waals surface area contributed by atoms with Crippen molar-refractivity contribution < 1.29 is 117 Å². The number of likely N-dealkylation sites (N-methyl/N-ethyl adjacent to an activating group) is 1. The van der Waals surface area contributed by atoms with Crippen molar-refractivity contribution in [1.82, 2.24) is 52.0 Å². The first kappa shape index (κ1) is 113. The number of unbranched alkanes of at least 4 members (excludes halogenated alkanes) is 5. The number of phenolic OH excluding ortho intramolecular Hbond substituents is 1. The topological polar surface area (TPSA) is 539 Å². The Morgan fingerprint density at radius 1 is 0.609 bits per heavy atom. The Labute approximate surface area is 790 Å². The van der Waals surface area contributed by atoms with Crippen LogP contribution >= 0.6 is 32.9 Å². The number of benzene rings is 3. The zero-order valence-corrected chi connectivity index (χ0v) is 80.1. The van der Waals surface area contributed by atoms with E-state index in [2.05, 4.69) is 42.1 Å². The third kappa shape index (κ3) is 43.5. The molecular formula is C95H137N11O24S3. The number of phenols is 1. The average molecular weight is 1910 g/mol. The van der Waals surface area contributed by atoms with E-state index < -0.39 is 169 Å². The van der Waals surface area contributed by atoms with Crippen molar-refractivity contribution in [2.24, 2.45) is 41.2 Å². The second kappa shape index (κ2) is 61.2. The molecule has 133 heavy (non-hydrogen) atoms. The number of urea groups is 1. The lowest BCUT2D eigenvalue weighted by Gasteiger charge is -2.39. The van der Waals surface area contributed by atoms with Crippen molar-refractivity contribution >= 4 is 133 Å². The number of hydrogen-bond donors (Lipinski definition) is 13. The molecule has 0 bridgehead atoms. The minimum absolute atomic E-state index is 0.0204. The fraction of sp³-hybridized carbons (Fsp3) is 0.600. The summed E-state index contributed by atoms with van der Waals surface area (Å²) in [4.78, 5) is 232. The third-order valence-corrected chi connectivity index (χ3v) is 27.0. The van der Waals surface area contributed by atoms with E-state index in [4.69, 9.17) is 25.3 Å². The highest BCUT2D eigenvalue weighted by molar-refractivity contribution is 8.76. The first-order chi connectivity index (χ1) is 63.4. The van der Waals surface area contributed by atoms with Crippen LogP contribution in [0.25, 0.3) is 0 Å². The lowest BCUT2D eigenvalue weighted by atomic mass is 9.82. The van der Waals surface area contributed by atoms with Gasteiger partial charge in [0.15, 0.2) is 29.9 Å². The van der Waals surface area contributed by atoms with Crippen LogP contribution in [0.1, 0.15) is 241 Å². The number of alkyl carbamates (subject to hydrolysis) is 1. The molecule has 2 heterocycles. The number of aromatic hydroxyl groups is 1. The number of nitrogens with two attached hydrogens (primary N) is 1. The Hall–Kier alpha value is -10.7. The molecule has 8 amide bonds. The van der Waals surface area contributed by atoms with E-state index in [-0.39, 0.29) is 168 Å². The first-order valence-electron chi connectivity index (χ1n) is 46.0. The maximum atomic E-state index is 15.0. The molecule has 38 heteroatoms. The van der Waals surface area contributed by atoms with Gasteiger partial charge in [0.1, 0.15) is 35.9 Å². The Balaban J connectivity index is 1.09. The molecule has 1 saturated heterocycles. The summed E-state index contributed by atoms with van der Waals surface area (Å²) in [6, 6.07) is 16.1. The highest BCUT2D eigenvalue weighted by Crippen LogP contribution is 2.34. The molecule has 0 aliphatic carbocycles. The van der Waals surface area contributed by atoms with Crippen molar-refractivity contribution in [1.29, 1.82) is 0 Å². The lowest BCUT2D eigenvalue weighted by Crippen LogP contribution is -2.53. The fourth-order valence-electron chi connectivity index (χ4n) is 15.4. The van der Waals surface area contributed by atoms with Crippen LogP contribution in [0.3, 0.4) is 0 Å². The Morgan fingerprint density at radius 3 is 1.87 bits per heavy atom. The molecular weight excluding hydrogens is 1780 g/mol. The van der Waals surface area contributed by atoms with E-state index >= 15 is 4.79 Å². The number of ether oxygens (including phenoxy) is 2. The van der Waals surface area contributed by atoms with Crippen molar-refractivity contribution in [3.8, 4) is 5.75 Å². The number of ketones is 5. The van der Waals surface area contributed by atoms with E-state index in [0.29, 0.717) is 55.5 Å². The van der Waals surface area contributed by atoms with Crippen LogP contribution in [0.15, 0.2) is 90.3 Å². The van der Waals surface area contributed by atoms with E-state index in [9.17, 15) is 97.1 Å². The van der Waals surface area contributed by atoms with Crippen LogP contribution in [0.4, 0.5) is 9.59 Å². The smallest absolute Gasteiger partial charge is 0.407 e. The van der Waals surface area contributed by atoms with Gasteiger partial charge in [-0.15, -0.1) is 11.3 Å². The number of aromatic nitrogens is 1. The number of esters is 1. The standard InChI is InChI=1S/C95H137N11O24S3/c1-9-26-86(118)130-58-106(91(122)71(60(5)10-2)52-81(111)77-32-23-24-42-105(77)8)78(59(3)4)46-62(7)90-103-76(57-131-90)89(121)100-68(48-65-35-37-70(108)38-36-65)45-61(6)82(112)55-99-95(128)129-43-44-132-133-56-67(92(123)124)51-80(110)75(53-85(116)117)102-88(120)72(96)54-98-87(119)66(47-63-27-17-15-18-28-63)50-79(109)74(49-64-29-19-16-20-30-64)101-83(113)33-22-14-12-11-13-21-31-69(107)39-40-73(93(125)126)104-94(127)97-41-25-34-84(114)115/h15-20,27-30,35-38,57,59-62,66-68,71-75,77-78,108H,9-14,21-26,31-34,39-56,58,96H2,1-8H3,(H,98,119)(H,99,128)(H,100,121)(H,101,113)(H,102,120)(H,114,115)(H,116,117)(H,123,124)(H,125,126)(H2,97,104,127)/t60?,61-,62+,66+,67-,68+,71-,72-,73?,74-,75-,77+,78+/m0/s1. The van der Waals surface area contributed by atoms with Crippen LogP contribution in [0.5, 0.6) is 5.75 Å². The summed E-state index contributed by atoms with van der Waals surface area (Å²) in [5.41, 5.74) is 8.51. The van der Waals surface area contributed by atoms with Gasteiger partial charge in [-0.2, -0.15) is 0 Å². The van der Waals surface area contributed by atoms with Gasteiger partial charge in [-0.05, 0) is 131 Å². The molecule has 5 rings (SSSR count). The summed E-state index contributed by atoms with van der Waals surface area (Å²) in [6.45, 7) is 12.7. The summed E-state index contributed by atoms with van der Waals surface area (Å²) in [5.74, 6) is -15.1. The Bertz CT molecular complexity index is 4430. The number of hydrogen-bond acceptors (Lipinski definition) is 26. The number of thiazole rings is 1. The predicted octanol–water partition coefficient (Wildman–Crippen LogP) is 10.3. The molecule has 13 atom stereocenters. The molecule has 0 saturated carbocycles. The van der Waals surface area contributed by atoms with E-state index in [1.165, 1.54) is 23.5 Å². The first-order valence-corrected chi connectivity index (χ1v) is 49.4. The normalized spacial score (nSPS) is 15.3. The number of carboxylic acid groups (broad SMARTS) is 4. The van der Waals surface area contributed by atoms with Gasteiger partial charge in [0.25, 0.3) is 5.91 Å². The number of aliphatic carboxylic acids is 4. The molecule has 14 N–H and O–H groups in total. The summed E-state index contributed by atoms with van der Waals surface area (Å²) < 4.78 is 11.1. The van der Waals surface area contributed by atoms with Gasteiger partial charge < -0.3 is 82.9 Å². The molecule has 1 aliphatic rings. The molecule has 35 nitrogen and oxygen atoms in total. The number of Topliss-reactive ketones (excluding diaryl/α,β-unsaturated/α-hetero) is 5. The number of rotatable bonds is 67. The fourth-order valence-corrected chi connectivity index (χ4v) is 18.4. The number of carbonyl (C=O) groups is 17. The molecule has 734 valence electrons. The van der Waals surface area contributed by atoms with Crippen LogP contribution in [-0.4, -0.2) is 241 Å². The van der Waals surface area contributed by atoms with Gasteiger partial charge in [-0.1, -0.05) is 181 Å². The van der Waals surface area contributed by atoms with Crippen LogP contribution < -0.4 is 43.0 Å². The molecule has 0 spiro atoms. The number of carbonyl (C=O) groups excluding carboxylic acids is 13. The number of nitrogens with zero attached hydrogens (tertiary/aromatic N) is 3. The van der Waals surface area contributed by atoms with Gasteiger partial charge >= 0.3 is 42.0 Å². The van der Waals surface area contributed by atoms with Gasteiger partial charge in [-0.3, -0.25) is 72.0 Å². The summed E-state index contributed by atoms with van der Waals surface area (Å²) in [7, 11) is 4.04. The van der Waals surface area contributed by atoms with E-state index in [1.54, 1.807) is 90.0 Å². The van der Waals surface area contributed by atoms with Crippen molar-refractivity contribution in [3.63, 3.8) is 0 Å². The van der Waals surface area contributed by atoms with Crippen LogP contribution in [0.2, 0.25) is 0 Å². The number of carboxylic acids is 4.